The van der Waals surface area contributed by atoms with Gasteiger partial charge in [0, 0.05) is 5.69 Å². The molecule has 0 saturated carbocycles. The molecule has 0 fully saturated rings. The Morgan fingerprint density at radius 1 is 1.15 bits per heavy atom. The number of esters is 1. The number of hydrogen-bond donors (Lipinski definition) is 1. The zero-order chi connectivity index (χ0) is 14.7. The van der Waals surface area contributed by atoms with Crippen LogP contribution in [-0.4, -0.2) is 5.97 Å². The van der Waals surface area contributed by atoms with Gasteiger partial charge >= 0.3 is 5.97 Å². The molecule has 0 aliphatic rings. The van der Waals surface area contributed by atoms with E-state index in [0.29, 0.717) is 0 Å². The zero-order valence-corrected chi connectivity index (χ0v) is 11.4. The Morgan fingerprint density at radius 2 is 1.80 bits per heavy atom. The van der Waals surface area contributed by atoms with Crippen LogP contribution in [0.3, 0.4) is 0 Å². The number of carbonyl (C=O) groups excluding carboxylic acids is 1. The molecule has 2 N–H and O–H groups in total. The SMILES string of the molecule is Cc1cc(C)cc(COC(=O)c2ccc(N)cc2F)c1. The monoisotopic (exact) mass is 273 g/mol. The van der Waals surface area contributed by atoms with E-state index in [-0.39, 0.29) is 17.9 Å². The molecule has 3 nitrogen and oxygen atoms in total. The Labute approximate surface area is 117 Å². The highest BCUT2D eigenvalue weighted by Gasteiger charge is 2.13. The number of halogens is 1. The Bertz CT molecular complexity index is 633. The van der Waals surface area contributed by atoms with E-state index in [1.165, 1.54) is 12.1 Å². The minimum atomic E-state index is -0.693. The van der Waals surface area contributed by atoms with Gasteiger partial charge in [0.2, 0.25) is 0 Å². The first kappa shape index (κ1) is 14.1. The van der Waals surface area contributed by atoms with Crippen LogP contribution in [0.4, 0.5) is 10.1 Å². The summed E-state index contributed by atoms with van der Waals surface area (Å²) in [7, 11) is 0. The van der Waals surface area contributed by atoms with E-state index in [1.54, 1.807) is 0 Å². The number of aryl methyl sites for hydroxylation is 2. The molecule has 0 aliphatic carbocycles. The molecule has 0 radical (unpaired) electrons. The number of hydrogen-bond acceptors (Lipinski definition) is 3. The fraction of sp³-hybridized carbons (Fsp3) is 0.188. The summed E-state index contributed by atoms with van der Waals surface area (Å²) in [6, 6.07) is 9.79. The molecule has 0 bridgehead atoms. The topological polar surface area (TPSA) is 52.3 Å². The maximum Gasteiger partial charge on any atom is 0.341 e. The molecule has 104 valence electrons. The molecule has 0 amide bonds. The number of carbonyl (C=O) groups is 1. The second kappa shape index (κ2) is 5.74. The first-order valence-electron chi connectivity index (χ1n) is 6.25. The van der Waals surface area contributed by atoms with E-state index >= 15 is 0 Å². The average molecular weight is 273 g/mol. The molecule has 0 saturated heterocycles. The fourth-order valence-corrected chi connectivity index (χ4v) is 2.08. The number of benzene rings is 2. The normalized spacial score (nSPS) is 10.3. The van der Waals surface area contributed by atoms with Crippen molar-refractivity contribution in [1.29, 1.82) is 0 Å². The smallest absolute Gasteiger partial charge is 0.341 e. The maximum absolute atomic E-state index is 13.6. The predicted molar refractivity (Wildman–Crippen MR) is 75.8 cm³/mol. The van der Waals surface area contributed by atoms with Gasteiger partial charge < -0.3 is 10.5 Å². The molecule has 0 atom stereocenters. The lowest BCUT2D eigenvalue weighted by atomic mass is 10.1. The second-order valence-corrected chi connectivity index (χ2v) is 4.81. The van der Waals surface area contributed by atoms with Gasteiger partial charge in [0.1, 0.15) is 12.4 Å². The van der Waals surface area contributed by atoms with E-state index in [4.69, 9.17) is 10.5 Å². The highest BCUT2D eigenvalue weighted by molar-refractivity contribution is 5.90. The fourth-order valence-electron chi connectivity index (χ4n) is 2.08. The third-order valence-electron chi connectivity index (χ3n) is 2.86. The zero-order valence-electron chi connectivity index (χ0n) is 11.4. The van der Waals surface area contributed by atoms with Gasteiger partial charge in [-0.3, -0.25) is 0 Å². The number of rotatable bonds is 3. The summed E-state index contributed by atoms with van der Waals surface area (Å²) in [4.78, 5) is 11.8. The number of anilines is 1. The van der Waals surface area contributed by atoms with Crippen molar-refractivity contribution in [3.63, 3.8) is 0 Å². The molecule has 0 unspecified atom stereocenters. The van der Waals surface area contributed by atoms with Gasteiger partial charge in [-0.25, -0.2) is 9.18 Å². The molecular formula is C16H16FNO2. The third-order valence-corrected chi connectivity index (χ3v) is 2.86. The van der Waals surface area contributed by atoms with E-state index in [2.05, 4.69) is 0 Å². The van der Waals surface area contributed by atoms with E-state index in [0.717, 1.165) is 22.8 Å². The molecule has 2 rings (SSSR count). The summed E-state index contributed by atoms with van der Waals surface area (Å²) in [6.07, 6.45) is 0. The van der Waals surface area contributed by atoms with E-state index < -0.39 is 11.8 Å². The predicted octanol–water partition coefficient (Wildman–Crippen LogP) is 3.38. The quantitative estimate of drug-likeness (QED) is 0.689. The Kier molecular flexibility index (Phi) is 4.03. The summed E-state index contributed by atoms with van der Waals surface area (Å²) in [5.74, 6) is -1.36. The lowest BCUT2D eigenvalue weighted by Gasteiger charge is -2.08. The summed E-state index contributed by atoms with van der Waals surface area (Å²) >= 11 is 0. The molecule has 0 aromatic heterocycles. The summed E-state index contributed by atoms with van der Waals surface area (Å²) in [5.41, 5.74) is 8.66. The standard InChI is InChI=1S/C16H16FNO2/c1-10-5-11(2)7-12(6-10)9-20-16(19)14-4-3-13(18)8-15(14)17/h3-8H,9,18H2,1-2H3. The summed E-state index contributed by atoms with van der Waals surface area (Å²) in [6.45, 7) is 4.06. The van der Waals surface area contributed by atoms with Gasteiger partial charge in [-0.2, -0.15) is 0 Å². The highest BCUT2D eigenvalue weighted by atomic mass is 19.1. The largest absolute Gasteiger partial charge is 0.457 e. The van der Waals surface area contributed by atoms with Crippen molar-refractivity contribution in [2.75, 3.05) is 5.73 Å². The van der Waals surface area contributed by atoms with Crippen molar-refractivity contribution in [2.24, 2.45) is 0 Å². The first-order valence-corrected chi connectivity index (χ1v) is 6.25. The van der Waals surface area contributed by atoms with Crippen molar-refractivity contribution >= 4 is 11.7 Å². The van der Waals surface area contributed by atoms with Crippen LogP contribution < -0.4 is 5.73 Å². The molecule has 20 heavy (non-hydrogen) atoms. The minimum absolute atomic E-state index is 0.108. The van der Waals surface area contributed by atoms with Gasteiger partial charge in [-0.15, -0.1) is 0 Å². The van der Waals surface area contributed by atoms with E-state index in [9.17, 15) is 9.18 Å². The van der Waals surface area contributed by atoms with Crippen LogP contribution in [0.25, 0.3) is 0 Å². The second-order valence-electron chi connectivity index (χ2n) is 4.81. The van der Waals surface area contributed by atoms with Crippen LogP contribution in [-0.2, 0) is 11.3 Å². The van der Waals surface area contributed by atoms with Crippen LogP contribution in [0.5, 0.6) is 0 Å². The first-order chi connectivity index (χ1) is 9.45. The molecular weight excluding hydrogens is 257 g/mol. The summed E-state index contributed by atoms with van der Waals surface area (Å²) < 4.78 is 18.7. The van der Waals surface area contributed by atoms with E-state index in [1.807, 2.05) is 32.0 Å². The van der Waals surface area contributed by atoms with Crippen molar-refractivity contribution in [3.8, 4) is 0 Å². The highest BCUT2D eigenvalue weighted by Crippen LogP contribution is 2.15. The number of nitrogens with two attached hydrogens (primary N) is 1. The van der Waals surface area contributed by atoms with Gasteiger partial charge in [0.05, 0.1) is 5.56 Å². The van der Waals surface area contributed by atoms with Crippen LogP contribution in [0, 0.1) is 19.7 Å². The van der Waals surface area contributed by atoms with Crippen molar-refractivity contribution in [1.82, 2.24) is 0 Å². The van der Waals surface area contributed by atoms with Crippen molar-refractivity contribution in [2.45, 2.75) is 20.5 Å². The van der Waals surface area contributed by atoms with Crippen molar-refractivity contribution < 1.29 is 13.9 Å². The van der Waals surface area contributed by atoms with Gasteiger partial charge in [-0.1, -0.05) is 29.3 Å². The minimum Gasteiger partial charge on any atom is -0.457 e. The Hall–Kier alpha value is -2.36. The molecule has 2 aromatic rings. The molecule has 4 heteroatoms. The van der Waals surface area contributed by atoms with Crippen LogP contribution >= 0.6 is 0 Å². The lowest BCUT2D eigenvalue weighted by Crippen LogP contribution is -2.08. The van der Waals surface area contributed by atoms with Gasteiger partial charge in [0.25, 0.3) is 0 Å². The molecule has 0 spiro atoms. The van der Waals surface area contributed by atoms with Crippen LogP contribution in [0.1, 0.15) is 27.0 Å². The van der Waals surface area contributed by atoms with Crippen LogP contribution in [0.2, 0.25) is 0 Å². The average Bonchev–Trinajstić information content (AvgIpc) is 2.35. The number of ether oxygens (including phenoxy) is 1. The molecule has 0 heterocycles. The van der Waals surface area contributed by atoms with Gasteiger partial charge in [0.15, 0.2) is 0 Å². The van der Waals surface area contributed by atoms with Crippen LogP contribution in [0.15, 0.2) is 36.4 Å². The Balaban J connectivity index is 2.08. The maximum atomic E-state index is 13.6. The lowest BCUT2D eigenvalue weighted by molar-refractivity contribution is 0.0467. The molecule has 2 aromatic carbocycles. The van der Waals surface area contributed by atoms with Gasteiger partial charge in [-0.05, 0) is 37.6 Å². The third kappa shape index (κ3) is 3.35. The number of nitrogen functional groups attached to an aromatic ring is 1. The molecule has 0 aliphatic heterocycles. The Morgan fingerprint density at radius 3 is 2.40 bits per heavy atom. The van der Waals surface area contributed by atoms with Crippen molar-refractivity contribution in [3.05, 3.63) is 64.5 Å². The summed E-state index contributed by atoms with van der Waals surface area (Å²) in [5, 5.41) is 0.